The van der Waals surface area contributed by atoms with E-state index in [1.54, 1.807) is 19.3 Å². The molecule has 0 saturated heterocycles. The number of benzene rings is 1. The quantitative estimate of drug-likeness (QED) is 0.488. The van der Waals surface area contributed by atoms with Crippen LogP contribution in [0.25, 0.3) is 0 Å². The maximum absolute atomic E-state index is 13.2. The third kappa shape index (κ3) is 6.09. The second-order valence-corrected chi connectivity index (χ2v) is 6.88. The van der Waals surface area contributed by atoms with Crippen molar-refractivity contribution >= 4 is 29.4 Å². The number of aromatic nitrogens is 2. The molecule has 2 aromatic heterocycles. The molecule has 2 N–H and O–H groups in total. The average Bonchev–Trinajstić information content (AvgIpc) is 3.18. The Hall–Kier alpha value is -3.30. The van der Waals surface area contributed by atoms with E-state index in [9.17, 15) is 9.18 Å². The highest BCUT2D eigenvalue weighted by molar-refractivity contribution is 6.30. The number of hydrogen-bond acceptors (Lipinski definition) is 7. The van der Waals surface area contributed by atoms with E-state index in [2.05, 4.69) is 25.8 Å². The number of ether oxygens (including phenoxy) is 1. The number of nitrogens with zero attached hydrogens (tertiary/aromatic N) is 3. The van der Waals surface area contributed by atoms with E-state index in [4.69, 9.17) is 20.9 Å². The maximum Gasteiger partial charge on any atom is 0.253 e. The highest BCUT2D eigenvalue weighted by Gasteiger charge is 2.14. The Morgan fingerprint density at radius 2 is 2.16 bits per heavy atom. The Balaban J connectivity index is 1.71. The molecule has 1 amide bonds. The number of pyridine rings is 1. The minimum absolute atomic E-state index is 0.0288. The second-order valence-electron chi connectivity index (χ2n) is 6.47. The van der Waals surface area contributed by atoms with Crippen LogP contribution in [0.4, 0.5) is 10.1 Å². The Labute approximate surface area is 183 Å². The number of halogens is 2. The molecule has 0 unspecified atom stereocenters. The molecule has 10 heteroatoms. The third-order valence-electron chi connectivity index (χ3n) is 4.18. The van der Waals surface area contributed by atoms with Crippen molar-refractivity contribution in [2.45, 2.75) is 20.0 Å². The van der Waals surface area contributed by atoms with Gasteiger partial charge < -0.3 is 19.9 Å². The van der Waals surface area contributed by atoms with Crippen molar-refractivity contribution in [3.05, 3.63) is 70.1 Å². The Morgan fingerprint density at radius 1 is 1.32 bits per heavy atom. The van der Waals surface area contributed by atoms with Gasteiger partial charge in [-0.3, -0.25) is 14.8 Å². The maximum atomic E-state index is 13.2. The zero-order valence-electron chi connectivity index (χ0n) is 17.0. The zero-order valence-corrected chi connectivity index (χ0v) is 17.7. The van der Waals surface area contributed by atoms with Gasteiger partial charge in [0.05, 0.1) is 34.2 Å². The van der Waals surface area contributed by atoms with Gasteiger partial charge in [0, 0.05) is 38.1 Å². The lowest BCUT2D eigenvalue weighted by atomic mass is 10.1. The zero-order chi connectivity index (χ0) is 22.2. The first-order valence-electron chi connectivity index (χ1n) is 9.41. The van der Waals surface area contributed by atoms with E-state index >= 15 is 0 Å². The summed E-state index contributed by atoms with van der Waals surface area (Å²) in [6.07, 6.45) is 3.06. The van der Waals surface area contributed by atoms with E-state index in [1.165, 1.54) is 24.4 Å². The van der Waals surface area contributed by atoms with E-state index in [0.29, 0.717) is 41.5 Å². The predicted octanol–water partition coefficient (Wildman–Crippen LogP) is 3.60. The fourth-order valence-corrected chi connectivity index (χ4v) is 2.89. The summed E-state index contributed by atoms with van der Waals surface area (Å²) in [5, 5.41) is 9.61. The molecule has 8 nitrogen and oxygen atoms in total. The summed E-state index contributed by atoms with van der Waals surface area (Å²) in [5.41, 5.74) is 2.18. The first-order chi connectivity index (χ1) is 15.0. The van der Waals surface area contributed by atoms with Gasteiger partial charge in [-0.15, -0.1) is 0 Å². The number of aliphatic imine (C=N–C) groups is 1. The molecule has 0 fully saturated rings. The molecule has 0 radical (unpaired) electrons. The molecule has 0 aliphatic carbocycles. The van der Waals surface area contributed by atoms with Gasteiger partial charge in [0.25, 0.3) is 5.91 Å². The molecule has 0 spiro atoms. The molecule has 0 bridgehead atoms. The van der Waals surface area contributed by atoms with Crippen LogP contribution < -0.4 is 15.4 Å². The van der Waals surface area contributed by atoms with Crippen LogP contribution in [0, 0.1) is 12.7 Å². The number of hydrogen-bond donors (Lipinski definition) is 2. The fraction of sp³-hybridized carbons (Fsp3) is 0.238. The van der Waals surface area contributed by atoms with Crippen LogP contribution >= 0.6 is 11.6 Å². The van der Waals surface area contributed by atoms with Gasteiger partial charge >= 0.3 is 0 Å². The van der Waals surface area contributed by atoms with Crippen molar-refractivity contribution < 1.29 is 18.4 Å². The summed E-state index contributed by atoms with van der Waals surface area (Å²) in [4.78, 5) is 21.0. The van der Waals surface area contributed by atoms with Gasteiger partial charge in [-0.1, -0.05) is 16.8 Å². The van der Waals surface area contributed by atoms with Gasteiger partial charge in [0.2, 0.25) is 0 Å². The molecule has 162 valence electrons. The Morgan fingerprint density at radius 3 is 2.87 bits per heavy atom. The summed E-state index contributed by atoms with van der Waals surface area (Å²) < 4.78 is 23.9. The fourth-order valence-electron chi connectivity index (χ4n) is 2.72. The van der Waals surface area contributed by atoms with Crippen molar-refractivity contribution in [1.29, 1.82) is 0 Å². The van der Waals surface area contributed by atoms with Gasteiger partial charge in [-0.25, -0.2) is 4.39 Å². The minimum Gasteiger partial charge on any atom is -0.488 e. The van der Waals surface area contributed by atoms with Crippen molar-refractivity contribution in [2.24, 2.45) is 4.99 Å². The van der Waals surface area contributed by atoms with Crippen LogP contribution in [0.3, 0.4) is 0 Å². The predicted molar refractivity (Wildman–Crippen MR) is 114 cm³/mol. The van der Waals surface area contributed by atoms with Crippen LogP contribution in [0.15, 0.2) is 46.0 Å². The summed E-state index contributed by atoms with van der Waals surface area (Å²) in [6, 6.07) is 7.50. The molecule has 31 heavy (non-hydrogen) atoms. The molecule has 0 aliphatic heterocycles. The van der Waals surface area contributed by atoms with E-state index in [-0.39, 0.29) is 17.5 Å². The standard InChI is InChI=1S/C21H21ClFN5O3/c1-13-9-15(31-28-13)11-25-12-19-20(16(5-6-26-19)21(29)24-2)27-7-8-30-14-3-4-18(23)17(22)10-14/h3-7,9-10,25H,8,11-12H2,1-2H3,(H,24,29)/b27-7+. The summed E-state index contributed by atoms with van der Waals surface area (Å²) in [5.74, 6) is 0.287. The van der Waals surface area contributed by atoms with Crippen LogP contribution in [0.5, 0.6) is 5.75 Å². The topological polar surface area (TPSA) is 102 Å². The molecule has 2 heterocycles. The Bertz CT molecular complexity index is 1090. The first-order valence-corrected chi connectivity index (χ1v) is 9.79. The van der Waals surface area contributed by atoms with Crippen molar-refractivity contribution in [2.75, 3.05) is 13.7 Å². The van der Waals surface area contributed by atoms with E-state index in [1.807, 2.05) is 13.0 Å². The number of aryl methyl sites for hydroxylation is 1. The summed E-state index contributed by atoms with van der Waals surface area (Å²) in [6.45, 7) is 2.74. The van der Waals surface area contributed by atoms with Crippen LogP contribution in [0.1, 0.15) is 27.5 Å². The molecule has 0 saturated carbocycles. The molecule has 3 rings (SSSR count). The average molecular weight is 446 g/mol. The lowest BCUT2D eigenvalue weighted by Crippen LogP contribution is -2.20. The summed E-state index contributed by atoms with van der Waals surface area (Å²) in [7, 11) is 1.54. The van der Waals surface area contributed by atoms with Gasteiger partial charge in [0.15, 0.2) is 5.76 Å². The normalized spacial score (nSPS) is 11.1. The lowest BCUT2D eigenvalue weighted by molar-refractivity contribution is 0.0963. The molecule has 3 aromatic rings. The highest BCUT2D eigenvalue weighted by Crippen LogP contribution is 2.23. The lowest BCUT2D eigenvalue weighted by Gasteiger charge is -2.10. The largest absolute Gasteiger partial charge is 0.488 e. The van der Waals surface area contributed by atoms with Gasteiger partial charge in [0.1, 0.15) is 18.2 Å². The monoisotopic (exact) mass is 445 g/mol. The van der Waals surface area contributed by atoms with Crippen LogP contribution in [-0.4, -0.2) is 35.9 Å². The van der Waals surface area contributed by atoms with E-state index in [0.717, 1.165) is 5.69 Å². The van der Waals surface area contributed by atoms with Crippen molar-refractivity contribution in [3.8, 4) is 5.75 Å². The molecule has 0 aliphatic rings. The van der Waals surface area contributed by atoms with Crippen molar-refractivity contribution in [3.63, 3.8) is 0 Å². The van der Waals surface area contributed by atoms with Crippen LogP contribution in [0.2, 0.25) is 5.02 Å². The second kappa shape index (κ2) is 10.6. The van der Waals surface area contributed by atoms with E-state index < -0.39 is 5.82 Å². The van der Waals surface area contributed by atoms with Gasteiger partial charge in [-0.05, 0) is 25.1 Å². The molecule has 0 atom stereocenters. The van der Waals surface area contributed by atoms with Crippen LogP contribution in [-0.2, 0) is 13.1 Å². The number of rotatable bonds is 9. The smallest absolute Gasteiger partial charge is 0.253 e. The third-order valence-corrected chi connectivity index (χ3v) is 4.47. The number of carbonyl (C=O) groups is 1. The Kier molecular flexibility index (Phi) is 7.69. The molecular weight excluding hydrogens is 425 g/mol. The number of carbonyl (C=O) groups excluding carboxylic acids is 1. The van der Waals surface area contributed by atoms with Crippen molar-refractivity contribution in [1.82, 2.24) is 20.8 Å². The molecular formula is C21H21ClFN5O3. The number of amides is 1. The van der Waals surface area contributed by atoms with Gasteiger partial charge in [-0.2, -0.15) is 0 Å². The minimum atomic E-state index is -0.522. The SMILES string of the molecule is CNC(=O)c1ccnc(CNCc2cc(C)no2)c1/N=C/COc1ccc(F)c(Cl)c1. The number of nitrogens with one attached hydrogen (secondary N) is 2. The summed E-state index contributed by atoms with van der Waals surface area (Å²) >= 11 is 5.75. The molecule has 1 aromatic carbocycles. The highest BCUT2D eigenvalue weighted by atomic mass is 35.5. The first kappa shape index (κ1) is 22.4.